The van der Waals surface area contributed by atoms with Crippen molar-refractivity contribution in [3.63, 3.8) is 0 Å². The van der Waals surface area contributed by atoms with Crippen LogP contribution in [0.15, 0.2) is 84.9 Å². The molecule has 0 fully saturated rings. The van der Waals surface area contributed by atoms with Gasteiger partial charge in [0.15, 0.2) is 36.2 Å². The van der Waals surface area contributed by atoms with Gasteiger partial charge in [-0.3, -0.25) is 9.59 Å². The molecule has 0 aromatic heterocycles. The van der Waals surface area contributed by atoms with Crippen LogP contribution in [0.2, 0.25) is 0 Å². The van der Waals surface area contributed by atoms with Crippen LogP contribution < -0.4 is 29.6 Å². The van der Waals surface area contributed by atoms with Crippen molar-refractivity contribution in [3.05, 3.63) is 96.1 Å². The van der Waals surface area contributed by atoms with Crippen molar-refractivity contribution >= 4 is 23.2 Å². The summed E-state index contributed by atoms with van der Waals surface area (Å²) in [5, 5.41) is 5.66. The molecule has 8 nitrogen and oxygen atoms in total. The molecule has 0 atom stereocenters. The number of amides is 2. The van der Waals surface area contributed by atoms with Gasteiger partial charge in [0.25, 0.3) is 11.8 Å². The molecular formula is C32H32N2O6. The molecule has 4 aromatic carbocycles. The number of anilines is 2. The molecule has 0 aliphatic rings. The highest BCUT2D eigenvalue weighted by Gasteiger charge is 2.10. The standard InChI is InChI=1S/C32H32N2O6/c1-21-5-15-27(29(17-21)37-3)39-19-31(35)33-25-11-7-23(8-12-25)24-9-13-26(14-10-24)34-32(36)20-40-28-16-6-22(2)18-30(28)38-4/h5-18H,19-20H2,1-4H3,(H,33,35)(H,34,36). The molecule has 2 amide bonds. The molecule has 0 saturated heterocycles. The Hall–Kier alpha value is -4.98. The van der Waals surface area contributed by atoms with E-state index < -0.39 is 0 Å². The van der Waals surface area contributed by atoms with Gasteiger partial charge in [-0.05, 0) is 84.6 Å². The maximum Gasteiger partial charge on any atom is 0.262 e. The third kappa shape index (κ3) is 7.54. The number of nitrogens with one attached hydrogen (secondary N) is 2. The molecule has 0 aliphatic carbocycles. The van der Waals surface area contributed by atoms with Crippen molar-refractivity contribution in [2.75, 3.05) is 38.1 Å². The van der Waals surface area contributed by atoms with Gasteiger partial charge in [-0.1, -0.05) is 36.4 Å². The SMILES string of the molecule is COc1cc(C)ccc1OCC(=O)Nc1ccc(-c2ccc(NC(=O)COc3ccc(C)cc3OC)cc2)cc1. The Labute approximate surface area is 233 Å². The summed E-state index contributed by atoms with van der Waals surface area (Å²) in [6, 6.07) is 26.0. The van der Waals surface area contributed by atoms with Crippen molar-refractivity contribution in [3.8, 4) is 34.1 Å². The number of carbonyl (C=O) groups is 2. The smallest absolute Gasteiger partial charge is 0.262 e. The topological polar surface area (TPSA) is 95.1 Å². The van der Waals surface area contributed by atoms with Gasteiger partial charge < -0.3 is 29.6 Å². The van der Waals surface area contributed by atoms with Gasteiger partial charge in [-0.2, -0.15) is 0 Å². The molecule has 0 unspecified atom stereocenters. The fourth-order valence-electron chi connectivity index (χ4n) is 3.96. The summed E-state index contributed by atoms with van der Waals surface area (Å²) in [7, 11) is 3.13. The van der Waals surface area contributed by atoms with Crippen LogP contribution in [0.3, 0.4) is 0 Å². The van der Waals surface area contributed by atoms with Gasteiger partial charge >= 0.3 is 0 Å². The Balaban J connectivity index is 1.27. The molecule has 0 bridgehead atoms. The van der Waals surface area contributed by atoms with Crippen molar-refractivity contribution < 1.29 is 28.5 Å². The second kappa shape index (κ2) is 13.2. The lowest BCUT2D eigenvalue weighted by Gasteiger charge is -2.12. The summed E-state index contributed by atoms with van der Waals surface area (Å²) in [6.45, 7) is 3.63. The quantitative estimate of drug-likeness (QED) is 0.242. The Morgan fingerprint density at radius 2 is 0.925 bits per heavy atom. The summed E-state index contributed by atoms with van der Waals surface area (Å²) in [6.07, 6.45) is 0. The molecule has 206 valence electrons. The number of hydrogen-bond donors (Lipinski definition) is 2. The Bertz CT molecular complexity index is 1350. The molecule has 0 spiro atoms. The molecule has 0 saturated carbocycles. The lowest BCUT2D eigenvalue weighted by atomic mass is 10.0. The highest BCUT2D eigenvalue weighted by molar-refractivity contribution is 5.93. The number of carbonyl (C=O) groups excluding carboxylic acids is 2. The molecule has 4 rings (SSSR count). The normalized spacial score (nSPS) is 10.4. The van der Waals surface area contributed by atoms with E-state index in [0.717, 1.165) is 22.3 Å². The van der Waals surface area contributed by atoms with Crippen LogP contribution in [0.1, 0.15) is 11.1 Å². The van der Waals surface area contributed by atoms with Gasteiger partial charge in [-0.15, -0.1) is 0 Å². The average Bonchev–Trinajstić information content (AvgIpc) is 2.96. The highest BCUT2D eigenvalue weighted by atomic mass is 16.5. The molecule has 0 aliphatic heterocycles. The summed E-state index contributed by atoms with van der Waals surface area (Å²) in [4.78, 5) is 24.8. The van der Waals surface area contributed by atoms with Crippen LogP contribution in [-0.4, -0.2) is 39.2 Å². The lowest BCUT2D eigenvalue weighted by Crippen LogP contribution is -2.20. The summed E-state index contributed by atoms with van der Waals surface area (Å²) in [5.74, 6) is 1.63. The van der Waals surface area contributed by atoms with E-state index in [-0.39, 0.29) is 25.0 Å². The van der Waals surface area contributed by atoms with E-state index in [1.54, 1.807) is 26.4 Å². The maximum absolute atomic E-state index is 12.4. The van der Waals surface area contributed by atoms with Crippen LogP contribution in [0.4, 0.5) is 11.4 Å². The Morgan fingerprint density at radius 3 is 1.27 bits per heavy atom. The fourth-order valence-corrected chi connectivity index (χ4v) is 3.96. The molecular weight excluding hydrogens is 508 g/mol. The first-order valence-electron chi connectivity index (χ1n) is 12.7. The number of methoxy groups -OCH3 is 2. The Morgan fingerprint density at radius 1 is 0.550 bits per heavy atom. The van der Waals surface area contributed by atoms with E-state index in [4.69, 9.17) is 18.9 Å². The lowest BCUT2D eigenvalue weighted by molar-refractivity contribution is -0.118. The highest BCUT2D eigenvalue weighted by Crippen LogP contribution is 2.29. The van der Waals surface area contributed by atoms with Gasteiger partial charge in [0, 0.05) is 11.4 Å². The second-order valence-corrected chi connectivity index (χ2v) is 9.14. The zero-order valence-electron chi connectivity index (χ0n) is 22.9. The molecule has 8 heteroatoms. The minimum absolute atomic E-state index is 0.141. The first kappa shape index (κ1) is 28.0. The van der Waals surface area contributed by atoms with Crippen molar-refractivity contribution in [2.24, 2.45) is 0 Å². The predicted molar refractivity (Wildman–Crippen MR) is 156 cm³/mol. The monoisotopic (exact) mass is 540 g/mol. The summed E-state index contributed by atoms with van der Waals surface area (Å²) in [5.41, 5.74) is 5.32. The molecule has 4 aromatic rings. The van der Waals surface area contributed by atoms with Crippen molar-refractivity contribution in [1.82, 2.24) is 0 Å². The number of benzene rings is 4. The van der Waals surface area contributed by atoms with Crippen LogP contribution in [0.5, 0.6) is 23.0 Å². The number of rotatable bonds is 11. The van der Waals surface area contributed by atoms with E-state index in [9.17, 15) is 9.59 Å². The third-order valence-corrected chi connectivity index (χ3v) is 6.03. The van der Waals surface area contributed by atoms with E-state index in [0.29, 0.717) is 34.4 Å². The van der Waals surface area contributed by atoms with Crippen LogP contribution in [0.25, 0.3) is 11.1 Å². The van der Waals surface area contributed by atoms with E-state index in [1.807, 2.05) is 86.6 Å². The van der Waals surface area contributed by atoms with Gasteiger partial charge in [0.1, 0.15) is 0 Å². The van der Waals surface area contributed by atoms with Gasteiger partial charge in [-0.25, -0.2) is 0 Å². The zero-order valence-corrected chi connectivity index (χ0v) is 22.9. The third-order valence-electron chi connectivity index (χ3n) is 6.03. The van der Waals surface area contributed by atoms with Gasteiger partial charge in [0.2, 0.25) is 0 Å². The minimum Gasteiger partial charge on any atom is -0.493 e. The van der Waals surface area contributed by atoms with Crippen LogP contribution in [0, 0.1) is 13.8 Å². The van der Waals surface area contributed by atoms with Crippen molar-refractivity contribution in [1.29, 1.82) is 0 Å². The zero-order chi connectivity index (χ0) is 28.5. The van der Waals surface area contributed by atoms with E-state index >= 15 is 0 Å². The predicted octanol–water partition coefficient (Wildman–Crippen LogP) is 6.02. The minimum atomic E-state index is -0.278. The molecule has 0 heterocycles. The molecule has 2 N–H and O–H groups in total. The number of ether oxygens (including phenoxy) is 4. The molecule has 40 heavy (non-hydrogen) atoms. The van der Waals surface area contributed by atoms with Gasteiger partial charge in [0.05, 0.1) is 14.2 Å². The summed E-state index contributed by atoms with van der Waals surface area (Å²) >= 11 is 0. The van der Waals surface area contributed by atoms with Crippen LogP contribution in [-0.2, 0) is 9.59 Å². The Kier molecular flexibility index (Phi) is 9.25. The second-order valence-electron chi connectivity index (χ2n) is 9.14. The maximum atomic E-state index is 12.4. The first-order valence-corrected chi connectivity index (χ1v) is 12.7. The fraction of sp³-hybridized carbons (Fsp3) is 0.188. The summed E-state index contributed by atoms with van der Waals surface area (Å²) < 4.78 is 21.9. The first-order chi connectivity index (χ1) is 19.3. The molecule has 0 radical (unpaired) electrons. The largest absolute Gasteiger partial charge is 0.493 e. The van der Waals surface area contributed by atoms with Crippen molar-refractivity contribution in [2.45, 2.75) is 13.8 Å². The van der Waals surface area contributed by atoms with E-state index in [1.165, 1.54) is 0 Å². The van der Waals surface area contributed by atoms with Crippen LogP contribution >= 0.6 is 0 Å². The average molecular weight is 541 g/mol. The number of aryl methyl sites for hydroxylation is 2. The number of hydrogen-bond acceptors (Lipinski definition) is 6. The van der Waals surface area contributed by atoms with E-state index in [2.05, 4.69) is 10.6 Å².